The number of hydrogen-bond donors (Lipinski definition) is 1. The van der Waals surface area contributed by atoms with Crippen LogP contribution in [0.25, 0.3) is 0 Å². The molecule has 1 unspecified atom stereocenters. The Morgan fingerprint density at radius 1 is 1.30 bits per heavy atom. The molecule has 1 aliphatic rings. The standard InChI is InChI=1S/C18H25NO/c1-3-18(20,13-16-7-5-4-6-8-16)17(14-19)11-9-15(2)10-12-17/h4-8,15,20H,3,9-13H2,1-2H3. The number of nitrogens with zero attached hydrogens (tertiary/aromatic N) is 1. The summed E-state index contributed by atoms with van der Waals surface area (Å²) in [6.07, 6.45) is 4.94. The summed E-state index contributed by atoms with van der Waals surface area (Å²) < 4.78 is 0. The third kappa shape index (κ3) is 2.74. The minimum Gasteiger partial charge on any atom is -0.388 e. The van der Waals surface area contributed by atoms with E-state index in [2.05, 4.69) is 13.0 Å². The van der Waals surface area contributed by atoms with Crippen LogP contribution in [-0.2, 0) is 6.42 Å². The van der Waals surface area contributed by atoms with Crippen LogP contribution in [0.15, 0.2) is 30.3 Å². The Kier molecular flexibility index (Phi) is 4.50. The number of benzene rings is 1. The maximum absolute atomic E-state index is 11.2. The lowest BCUT2D eigenvalue weighted by Crippen LogP contribution is -2.50. The Bertz CT molecular complexity index is 468. The van der Waals surface area contributed by atoms with Crippen molar-refractivity contribution in [2.24, 2.45) is 11.3 Å². The second-order valence-corrected chi connectivity index (χ2v) is 6.42. The van der Waals surface area contributed by atoms with E-state index in [1.54, 1.807) is 0 Å². The summed E-state index contributed by atoms with van der Waals surface area (Å²) in [5.41, 5.74) is -0.377. The van der Waals surface area contributed by atoms with Crippen LogP contribution in [0.3, 0.4) is 0 Å². The van der Waals surface area contributed by atoms with Crippen molar-refractivity contribution in [3.63, 3.8) is 0 Å². The normalized spacial score (nSPS) is 29.4. The third-order valence-corrected chi connectivity index (χ3v) is 5.16. The molecule has 0 radical (unpaired) electrons. The molecule has 2 rings (SSSR count). The van der Waals surface area contributed by atoms with Gasteiger partial charge < -0.3 is 5.11 Å². The van der Waals surface area contributed by atoms with E-state index >= 15 is 0 Å². The van der Waals surface area contributed by atoms with E-state index in [1.807, 2.05) is 37.3 Å². The fourth-order valence-electron chi connectivity index (χ4n) is 3.50. The molecule has 0 heterocycles. The summed E-state index contributed by atoms with van der Waals surface area (Å²) in [4.78, 5) is 0. The molecule has 1 saturated carbocycles. The minimum absolute atomic E-state index is 0.576. The molecule has 1 aromatic carbocycles. The summed E-state index contributed by atoms with van der Waals surface area (Å²) in [5.74, 6) is 0.675. The van der Waals surface area contributed by atoms with Crippen molar-refractivity contribution >= 4 is 0 Å². The van der Waals surface area contributed by atoms with E-state index in [0.717, 1.165) is 31.2 Å². The van der Waals surface area contributed by atoms with Crippen molar-refractivity contribution in [1.29, 1.82) is 5.26 Å². The SMILES string of the molecule is CCC(O)(Cc1ccccc1)C1(C#N)CCC(C)CC1. The number of nitriles is 1. The summed E-state index contributed by atoms with van der Waals surface area (Å²) in [6, 6.07) is 12.5. The molecule has 1 atom stereocenters. The van der Waals surface area contributed by atoms with E-state index in [4.69, 9.17) is 0 Å². The Hall–Kier alpha value is -1.33. The zero-order chi connectivity index (χ0) is 14.6. The van der Waals surface area contributed by atoms with Gasteiger partial charge in [-0.3, -0.25) is 0 Å². The van der Waals surface area contributed by atoms with Crippen LogP contribution >= 0.6 is 0 Å². The van der Waals surface area contributed by atoms with Crippen molar-refractivity contribution in [3.05, 3.63) is 35.9 Å². The van der Waals surface area contributed by atoms with Crippen LogP contribution in [0.5, 0.6) is 0 Å². The second kappa shape index (κ2) is 5.97. The van der Waals surface area contributed by atoms with Crippen LogP contribution in [0.1, 0.15) is 51.5 Å². The van der Waals surface area contributed by atoms with Crippen molar-refractivity contribution < 1.29 is 5.11 Å². The lowest BCUT2D eigenvalue weighted by Gasteiger charge is -2.46. The molecular weight excluding hydrogens is 246 g/mol. The van der Waals surface area contributed by atoms with E-state index in [1.165, 1.54) is 0 Å². The number of aliphatic hydroxyl groups is 1. The molecule has 0 saturated heterocycles. The van der Waals surface area contributed by atoms with Gasteiger partial charge in [0.05, 0.1) is 17.1 Å². The molecule has 0 spiro atoms. The van der Waals surface area contributed by atoms with Gasteiger partial charge in [-0.25, -0.2) is 0 Å². The van der Waals surface area contributed by atoms with Gasteiger partial charge in [0.25, 0.3) is 0 Å². The van der Waals surface area contributed by atoms with Gasteiger partial charge >= 0.3 is 0 Å². The molecule has 108 valence electrons. The van der Waals surface area contributed by atoms with Crippen LogP contribution in [-0.4, -0.2) is 10.7 Å². The largest absolute Gasteiger partial charge is 0.388 e. The van der Waals surface area contributed by atoms with Crippen molar-refractivity contribution in [1.82, 2.24) is 0 Å². The van der Waals surface area contributed by atoms with Crippen molar-refractivity contribution in [3.8, 4) is 6.07 Å². The van der Waals surface area contributed by atoms with Crippen molar-refractivity contribution in [2.45, 2.75) is 58.0 Å². The van der Waals surface area contributed by atoms with Gasteiger partial charge in [0.1, 0.15) is 0 Å². The smallest absolute Gasteiger partial charge is 0.0870 e. The Morgan fingerprint density at radius 2 is 1.90 bits per heavy atom. The first-order valence-corrected chi connectivity index (χ1v) is 7.73. The first-order valence-electron chi connectivity index (χ1n) is 7.73. The molecule has 2 nitrogen and oxygen atoms in total. The molecule has 20 heavy (non-hydrogen) atoms. The predicted molar refractivity (Wildman–Crippen MR) is 81.1 cm³/mol. The van der Waals surface area contributed by atoms with Gasteiger partial charge in [-0.05, 0) is 43.6 Å². The Labute approximate surface area is 122 Å². The fourth-order valence-corrected chi connectivity index (χ4v) is 3.50. The zero-order valence-electron chi connectivity index (χ0n) is 12.6. The first kappa shape index (κ1) is 15.1. The summed E-state index contributed by atoms with van der Waals surface area (Å²) >= 11 is 0. The maximum Gasteiger partial charge on any atom is 0.0870 e. The molecule has 1 aromatic rings. The van der Waals surface area contributed by atoms with Crippen LogP contribution in [0.2, 0.25) is 0 Å². The van der Waals surface area contributed by atoms with Crippen LogP contribution < -0.4 is 0 Å². The number of rotatable bonds is 4. The van der Waals surface area contributed by atoms with Crippen LogP contribution in [0, 0.1) is 22.7 Å². The average Bonchev–Trinajstić information content (AvgIpc) is 2.49. The molecule has 0 bridgehead atoms. The molecule has 0 amide bonds. The second-order valence-electron chi connectivity index (χ2n) is 6.42. The van der Waals surface area contributed by atoms with E-state index in [0.29, 0.717) is 18.8 Å². The molecule has 0 aliphatic heterocycles. The highest BCUT2D eigenvalue weighted by Gasteiger charge is 2.50. The minimum atomic E-state index is -0.913. The highest BCUT2D eigenvalue weighted by molar-refractivity contribution is 5.22. The van der Waals surface area contributed by atoms with Gasteiger partial charge in [0.15, 0.2) is 0 Å². The predicted octanol–water partition coefficient (Wildman–Crippen LogP) is 4.09. The highest BCUT2D eigenvalue weighted by atomic mass is 16.3. The number of hydrogen-bond acceptors (Lipinski definition) is 2. The van der Waals surface area contributed by atoms with Gasteiger partial charge in [0.2, 0.25) is 0 Å². The van der Waals surface area contributed by atoms with Gasteiger partial charge in [-0.15, -0.1) is 0 Å². The summed E-state index contributed by atoms with van der Waals surface area (Å²) in [6.45, 7) is 4.24. The summed E-state index contributed by atoms with van der Waals surface area (Å²) in [7, 11) is 0. The van der Waals surface area contributed by atoms with E-state index < -0.39 is 11.0 Å². The molecule has 1 fully saturated rings. The molecule has 1 N–H and O–H groups in total. The van der Waals surface area contributed by atoms with Crippen LogP contribution in [0.4, 0.5) is 0 Å². The van der Waals surface area contributed by atoms with Gasteiger partial charge in [-0.1, -0.05) is 44.2 Å². The maximum atomic E-state index is 11.2. The molecular formula is C18H25NO. The molecule has 0 aromatic heterocycles. The first-order chi connectivity index (χ1) is 9.55. The monoisotopic (exact) mass is 271 g/mol. The third-order valence-electron chi connectivity index (χ3n) is 5.16. The van der Waals surface area contributed by atoms with Gasteiger partial charge in [-0.2, -0.15) is 5.26 Å². The summed E-state index contributed by atoms with van der Waals surface area (Å²) in [5, 5.41) is 21.0. The Balaban J connectivity index is 2.26. The van der Waals surface area contributed by atoms with E-state index in [9.17, 15) is 10.4 Å². The van der Waals surface area contributed by atoms with Gasteiger partial charge in [0, 0.05) is 6.42 Å². The lowest BCUT2D eigenvalue weighted by atomic mass is 9.60. The lowest BCUT2D eigenvalue weighted by molar-refractivity contribution is -0.0797. The van der Waals surface area contributed by atoms with E-state index in [-0.39, 0.29) is 0 Å². The van der Waals surface area contributed by atoms with Crippen molar-refractivity contribution in [2.75, 3.05) is 0 Å². The highest BCUT2D eigenvalue weighted by Crippen LogP contribution is 2.48. The average molecular weight is 271 g/mol. The zero-order valence-corrected chi connectivity index (χ0v) is 12.6. The quantitative estimate of drug-likeness (QED) is 0.896. The topological polar surface area (TPSA) is 44.0 Å². The molecule has 1 aliphatic carbocycles. The Morgan fingerprint density at radius 3 is 2.40 bits per heavy atom. The molecule has 2 heteroatoms. The fraction of sp³-hybridized carbons (Fsp3) is 0.611.